The first-order chi connectivity index (χ1) is 10.1. The van der Waals surface area contributed by atoms with Crippen LogP contribution in [-0.2, 0) is 11.3 Å². The van der Waals surface area contributed by atoms with Gasteiger partial charge in [0.1, 0.15) is 12.4 Å². The van der Waals surface area contributed by atoms with E-state index >= 15 is 0 Å². The lowest BCUT2D eigenvalue weighted by molar-refractivity contribution is -0.135. The number of carbonyl (C=O) groups excluding carboxylic acids is 1. The molecule has 0 unspecified atom stereocenters. The van der Waals surface area contributed by atoms with Gasteiger partial charge in [-0.3, -0.25) is 9.69 Å². The smallest absolute Gasteiger partial charge is 0.227 e. The average molecular weight is 289 g/mol. The molecule has 0 bridgehead atoms. The topological polar surface area (TPSA) is 47.3 Å². The number of benzene rings is 1. The van der Waals surface area contributed by atoms with Gasteiger partial charge in [-0.25, -0.2) is 4.39 Å². The van der Waals surface area contributed by atoms with Gasteiger partial charge in [0.25, 0.3) is 0 Å². The largest absolute Gasteiger partial charge is 0.332 e. The average Bonchev–Trinajstić information content (AvgIpc) is 2.47. The van der Waals surface area contributed by atoms with E-state index in [0.717, 1.165) is 24.9 Å². The molecule has 0 N–H and O–H groups in total. The zero-order chi connectivity index (χ0) is 15.2. The van der Waals surface area contributed by atoms with Crippen molar-refractivity contribution in [1.29, 1.82) is 5.26 Å². The Morgan fingerprint density at radius 1 is 1.57 bits per heavy atom. The summed E-state index contributed by atoms with van der Waals surface area (Å²) in [5.41, 5.74) is 0.925. The third kappa shape index (κ3) is 4.27. The van der Waals surface area contributed by atoms with Gasteiger partial charge in [0.2, 0.25) is 5.91 Å². The van der Waals surface area contributed by atoms with Crippen LogP contribution >= 0.6 is 0 Å². The predicted octanol–water partition coefficient (Wildman–Crippen LogP) is 2.02. The number of piperidine rings is 1. The second kappa shape index (κ2) is 7.19. The summed E-state index contributed by atoms with van der Waals surface area (Å²) in [5, 5.41) is 8.67. The summed E-state index contributed by atoms with van der Waals surface area (Å²) in [7, 11) is 1.66. The van der Waals surface area contributed by atoms with Crippen LogP contribution in [0.3, 0.4) is 0 Å². The second-order valence-corrected chi connectivity index (χ2v) is 5.56. The summed E-state index contributed by atoms with van der Waals surface area (Å²) in [6.45, 7) is 2.37. The lowest BCUT2D eigenvalue weighted by Crippen LogP contribution is -2.43. The van der Waals surface area contributed by atoms with Gasteiger partial charge in [-0.05, 0) is 37.1 Å². The number of nitriles is 1. The Bertz CT molecular complexity index is 541. The molecule has 1 aliphatic rings. The number of halogens is 1. The maximum absolute atomic E-state index is 13.2. The third-order valence-electron chi connectivity index (χ3n) is 3.83. The molecule has 1 saturated heterocycles. The molecule has 0 radical (unpaired) electrons. The fourth-order valence-electron chi connectivity index (χ4n) is 2.79. The monoisotopic (exact) mass is 289 g/mol. The van der Waals surface area contributed by atoms with Gasteiger partial charge in [-0.1, -0.05) is 12.1 Å². The van der Waals surface area contributed by atoms with E-state index in [9.17, 15) is 9.18 Å². The number of nitrogens with zero attached hydrogens (tertiary/aromatic N) is 3. The first-order valence-electron chi connectivity index (χ1n) is 7.19. The molecule has 1 amide bonds. The Labute approximate surface area is 124 Å². The van der Waals surface area contributed by atoms with Gasteiger partial charge < -0.3 is 4.90 Å². The lowest BCUT2D eigenvalue weighted by Gasteiger charge is -2.33. The van der Waals surface area contributed by atoms with Crippen molar-refractivity contribution < 1.29 is 9.18 Å². The highest BCUT2D eigenvalue weighted by atomic mass is 19.1. The van der Waals surface area contributed by atoms with Crippen LogP contribution in [0.4, 0.5) is 4.39 Å². The molecule has 1 aliphatic heterocycles. The van der Waals surface area contributed by atoms with E-state index in [-0.39, 0.29) is 24.2 Å². The van der Waals surface area contributed by atoms with Crippen molar-refractivity contribution in [2.75, 3.05) is 26.7 Å². The molecule has 0 spiro atoms. The van der Waals surface area contributed by atoms with Crippen molar-refractivity contribution in [1.82, 2.24) is 9.80 Å². The summed E-state index contributed by atoms with van der Waals surface area (Å²) in [6, 6.07) is 8.57. The second-order valence-electron chi connectivity index (χ2n) is 5.56. The van der Waals surface area contributed by atoms with E-state index in [1.165, 1.54) is 17.0 Å². The zero-order valence-corrected chi connectivity index (χ0v) is 12.3. The fraction of sp³-hybridized carbons (Fsp3) is 0.500. The molecular weight excluding hydrogens is 269 g/mol. The maximum atomic E-state index is 13.2. The van der Waals surface area contributed by atoms with Crippen molar-refractivity contribution >= 4 is 5.91 Å². The van der Waals surface area contributed by atoms with Crippen molar-refractivity contribution in [3.8, 4) is 6.07 Å². The first kappa shape index (κ1) is 15.5. The molecule has 0 aliphatic carbocycles. The molecule has 1 aromatic rings. The van der Waals surface area contributed by atoms with E-state index in [0.29, 0.717) is 13.1 Å². The van der Waals surface area contributed by atoms with Gasteiger partial charge in [0, 0.05) is 20.1 Å². The Morgan fingerprint density at radius 2 is 2.38 bits per heavy atom. The quantitative estimate of drug-likeness (QED) is 0.797. The highest BCUT2D eigenvalue weighted by Gasteiger charge is 2.27. The van der Waals surface area contributed by atoms with Crippen LogP contribution in [0.5, 0.6) is 0 Å². The van der Waals surface area contributed by atoms with Gasteiger partial charge in [-0.2, -0.15) is 5.26 Å². The Hall–Kier alpha value is -1.93. The number of likely N-dealkylation sites (tertiary alicyclic amines) is 1. The van der Waals surface area contributed by atoms with E-state index in [1.54, 1.807) is 13.1 Å². The molecule has 0 aromatic heterocycles. The Morgan fingerprint density at radius 3 is 3.10 bits per heavy atom. The number of amides is 1. The lowest BCUT2D eigenvalue weighted by atomic mass is 9.96. The zero-order valence-electron chi connectivity index (χ0n) is 12.3. The predicted molar refractivity (Wildman–Crippen MR) is 77.7 cm³/mol. The molecule has 1 aromatic carbocycles. The summed E-state index contributed by atoms with van der Waals surface area (Å²) in [6.07, 6.45) is 1.81. The first-order valence-corrected chi connectivity index (χ1v) is 7.19. The third-order valence-corrected chi connectivity index (χ3v) is 3.83. The minimum absolute atomic E-state index is 0.0282. The molecule has 112 valence electrons. The van der Waals surface area contributed by atoms with Gasteiger partial charge in [0.15, 0.2) is 0 Å². The van der Waals surface area contributed by atoms with Gasteiger partial charge in [-0.15, -0.1) is 0 Å². The standard InChI is InChI=1S/C16H20FN3O/c1-19(9-7-18)16(21)14-5-3-8-20(12-14)11-13-4-2-6-15(17)10-13/h2,4,6,10,14H,3,5,8-9,11-12H2,1H3/t14-/m1/s1. The summed E-state index contributed by atoms with van der Waals surface area (Å²) < 4.78 is 13.2. The number of hydrogen-bond acceptors (Lipinski definition) is 3. The molecular formula is C16H20FN3O. The van der Waals surface area contributed by atoms with Crippen LogP contribution < -0.4 is 0 Å². The Kier molecular flexibility index (Phi) is 5.29. The van der Waals surface area contributed by atoms with Crippen molar-refractivity contribution in [2.24, 2.45) is 5.92 Å². The van der Waals surface area contributed by atoms with Crippen molar-refractivity contribution in [3.05, 3.63) is 35.6 Å². The van der Waals surface area contributed by atoms with Crippen molar-refractivity contribution in [3.63, 3.8) is 0 Å². The maximum Gasteiger partial charge on any atom is 0.227 e. The molecule has 0 saturated carbocycles. The number of rotatable bonds is 4. The van der Waals surface area contributed by atoms with E-state index < -0.39 is 0 Å². The minimum Gasteiger partial charge on any atom is -0.332 e. The van der Waals surface area contributed by atoms with Crippen LogP contribution in [0.1, 0.15) is 18.4 Å². The minimum atomic E-state index is -0.231. The Balaban J connectivity index is 1.94. The van der Waals surface area contributed by atoms with Crippen LogP contribution in [0, 0.1) is 23.1 Å². The molecule has 1 fully saturated rings. The molecule has 21 heavy (non-hydrogen) atoms. The van der Waals surface area contributed by atoms with Gasteiger partial charge >= 0.3 is 0 Å². The van der Waals surface area contributed by atoms with E-state index in [2.05, 4.69) is 4.90 Å². The molecule has 2 rings (SSSR count). The van der Waals surface area contributed by atoms with Crippen LogP contribution in [-0.4, -0.2) is 42.4 Å². The number of hydrogen-bond donors (Lipinski definition) is 0. The van der Waals surface area contributed by atoms with Crippen LogP contribution in [0.2, 0.25) is 0 Å². The summed E-state index contributed by atoms with van der Waals surface area (Å²) >= 11 is 0. The number of carbonyl (C=O) groups is 1. The fourth-order valence-corrected chi connectivity index (χ4v) is 2.79. The molecule has 5 heteroatoms. The molecule has 4 nitrogen and oxygen atoms in total. The summed E-state index contributed by atoms with van der Waals surface area (Å²) in [4.78, 5) is 15.9. The normalized spacial score (nSPS) is 19.0. The highest BCUT2D eigenvalue weighted by molar-refractivity contribution is 5.79. The summed E-state index contributed by atoms with van der Waals surface area (Å²) in [5.74, 6) is -0.267. The highest BCUT2D eigenvalue weighted by Crippen LogP contribution is 2.20. The van der Waals surface area contributed by atoms with Crippen LogP contribution in [0.15, 0.2) is 24.3 Å². The van der Waals surface area contributed by atoms with E-state index in [4.69, 9.17) is 5.26 Å². The van der Waals surface area contributed by atoms with Crippen molar-refractivity contribution in [2.45, 2.75) is 19.4 Å². The van der Waals surface area contributed by atoms with E-state index in [1.807, 2.05) is 12.1 Å². The molecule has 1 atom stereocenters. The SMILES string of the molecule is CN(CC#N)C(=O)[C@@H]1CCCN(Cc2cccc(F)c2)C1. The molecule has 1 heterocycles. The van der Waals surface area contributed by atoms with Crippen LogP contribution in [0.25, 0.3) is 0 Å². The van der Waals surface area contributed by atoms with Gasteiger partial charge in [0.05, 0.1) is 12.0 Å².